The molecule has 1 fully saturated rings. The van der Waals surface area contributed by atoms with E-state index in [2.05, 4.69) is 55.6 Å². The van der Waals surface area contributed by atoms with Gasteiger partial charge in [-0.3, -0.25) is 0 Å². The second-order valence-corrected chi connectivity index (χ2v) is 7.05. The van der Waals surface area contributed by atoms with Crippen molar-refractivity contribution in [3.05, 3.63) is 28.4 Å². The zero-order valence-corrected chi connectivity index (χ0v) is 15.1. The van der Waals surface area contributed by atoms with Gasteiger partial charge in [0.1, 0.15) is 0 Å². The Kier molecular flexibility index (Phi) is 5.18. The molecule has 6 nitrogen and oxygen atoms in total. The molecule has 2 aromatic rings. The molecule has 0 unspecified atom stereocenters. The highest BCUT2D eigenvalue weighted by Gasteiger charge is 2.22. The average Bonchev–Trinajstić information content (AvgIpc) is 2.56. The molecule has 7 heteroatoms. The first kappa shape index (κ1) is 17.0. The van der Waals surface area contributed by atoms with Gasteiger partial charge in [-0.1, -0.05) is 22.9 Å². The fourth-order valence-corrected chi connectivity index (χ4v) is 3.82. The fourth-order valence-electron chi connectivity index (χ4n) is 3.17. The summed E-state index contributed by atoms with van der Waals surface area (Å²) < 4.78 is 1.09. The molecule has 1 aromatic heterocycles. The minimum atomic E-state index is -0.942. The Balaban J connectivity index is 1.67. The zero-order chi connectivity index (χ0) is 17.1. The van der Waals surface area contributed by atoms with E-state index < -0.39 is 6.09 Å². The van der Waals surface area contributed by atoms with E-state index in [0.29, 0.717) is 5.95 Å². The van der Waals surface area contributed by atoms with Crippen LogP contribution in [0.3, 0.4) is 0 Å². The van der Waals surface area contributed by atoms with E-state index in [1.807, 2.05) is 6.20 Å². The van der Waals surface area contributed by atoms with Crippen LogP contribution in [0.1, 0.15) is 38.2 Å². The van der Waals surface area contributed by atoms with Crippen LogP contribution in [0.5, 0.6) is 0 Å². The molecular formula is C17H21BrN4O2. The van der Waals surface area contributed by atoms with Crippen molar-refractivity contribution in [3.8, 4) is 0 Å². The normalized spacial score (nSPS) is 20.8. The number of anilines is 1. The number of hydrogen-bond acceptors (Lipinski definition) is 4. The maximum Gasteiger partial charge on any atom is 0.404 e. The number of carboxylic acid groups (broad SMARTS) is 1. The number of aryl methyl sites for hydroxylation is 1. The lowest BCUT2D eigenvalue weighted by Crippen LogP contribution is -2.39. The third-order valence-corrected chi connectivity index (χ3v) is 5.26. The molecule has 0 saturated heterocycles. The van der Waals surface area contributed by atoms with Gasteiger partial charge < -0.3 is 15.7 Å². The smallest absolute Gasteiger partial charge is 0.404 e. The lowest BCUT2D eigenvalue weighted by molar-refractivity contribution is 0.185. The standard InChI is InChI=1S/C17H21BrN4O2/c1-2-10-8-15-11(7-14(10)18)9-19-16(22-15)20-12-3-5-13(6-4-12)21-17(23)24/h7-9,12-13,21H,2-6H2,1H3,(H,23,24)(H,19,20,22)/t12-,13-. The van der Waals surface area contributed by atoms with Gasteiger partial charge in [-0.25, -0.2) is 14.8 Å². The van der Waals surface area contributed by atoms with E-state index in [1.54, 1.807) is 0 Å². The minimum Gasteiger partial charge on any atom is -0.465 e. The summed E-state index contributed by atoms with van der Waals surface area (Å²) >= 11 is 3.58. The van der Waals surface area contributed by atoms with Gasteiger partial charge in [-0.2, -0.15) is 0 Å². The van der Waals surface area contributed by atoms with E-state index in [9.17, 15) is 4.79 Å². The van der Waals surface area contributed by atoms with Gasteiger partial charge in [-0.15, -0.1) is 0 Å². The van der Waals surface area contributed by atoms with E-state index in [-0.39, 0.29) is 12.1 Å². The van der Waals surface area contributed by atoms with E-state index in [1.165, 1.54) is 5.56 Å². The van der Waals surface area contributed by atoms with Crippen LogP contribution in [0.4, 0.5) is 10.7 Å². The third kappa shape index (κ3) is 3.95. The van der Waals surface area contributed by atoms with Crippen LogP contribution >= 0.6 is 15.9 Å². The number of rotatable bonds is 4. The molecule has 1 aromatic carbocycles. The summed E-state index contributed by atoms with van der Waals surface area (Å²) in [5.41, 5.74) is 2.17. The second-order valence-electron chi connectivity index (χ2n) is 6.19. The van der Waals surface area contributed by atoms with Crippen molar-refractivity contribution in [1.82, 2.24) is 15.3 Å². The van der Waals surface area contributed by atoms with Gasteiger partial charge in [0, 0.05) is 28.1 Å². The summed E-state index contributed by atoms with van der Waals surface area (Å²) in [6.45, 7) is 2.12. The first-order valence-electron chi connectivity index (χ1n) is 8.26. The second kappa shape index (κ2) is 7.34. The quantitative estimate of drug-likeness (QED) is 0.732. The van der Waals surface area contributed by atoms with Gasteiger partial charge in [0.25, 0.3) is 0 Å². The molecule has 0 atom stereocenters. The van der Waals surface area contributed by atoms with Crippen LogP contribution in [-0.2, 0) is 6.42 Å². The molecule has 0 radical (unpaired) electrons. The van der Waals surface area contributed by atoms with Crippen molar-refractivity contribution in [1.29, 1.82) is 0 Å². The number of aromatic nitrogens is 2. The summed E-state index contributed by atoms with van der Waals surface area (Å²) in [5, 5.41) is 15.7. The van der Waals surface area contributed by atoms with Crippen LogP contribution in [-0.4, -0.2) is 33.3 Å². The Morgan fingerprint density at radius 2 is 2.00 bits per heavy atom. The van der Waals surface area contributed by atoms with Crippen molar-refractivity contribution >= 4 is 38.9 Å². The Labute approximate surface area is 149 Å². The summed E-state index contributed by atoms with van der Waals surface area (Å²) in [4.78, 5) is 19.7. The van der Waals surface area contributed by atoms with Crippen LogP contribution in [0.25, 0.3) is 10.9 Å². The summed E-state index contributed by atoms with van der Waals surface area (Å²) in [6.07, 6.45) is 5.34. The van der Waals surface area contributed by atoms with Crippen molar-refractivity contribution < 1.29 is 9.90 Å². The number of hydrogen-bond donors (Lipinski definition) is 3. The van der Waals surface area contributed by atoms with E-state index >= 15 is 0 Å². The number of fused-ring (bicyclic) bond motifs is 1. The molecule has 1 aliphatic rings. The maximum absolute atomic E-state index is 10.7. The minimum absolute atomic E-state index is 0.0579. The SMILES string of the molecule is CCc1cc2nc(N[C@H]3CC[C@H](NC(=O)O)CC3)ncc2cc1Br. The van der Waals surface area contributed by atoms with Gasteiger partial charge in [0.05, 0.1) is 5.52 Å². The molecule has 0 bridgehead atoms. The summed E-state index contributed by atoms with van der Waals surface area (Å²) in [5.74, 6) is 0.640. The predicted octanol–water partition coefficient (Wildman–Crippen LogP) is 3.95. The largest absolute Gasteiger partial charge is 0.465 e. The Morgan fingerprint density at radius 1 is 1.29 bits per heavy atom. The van der Waals surface area contributed by atoms with Crippen molar-refractivity contribution in [3.63, 3.8) is 0 Å². The summed E-state index contributed by atoms with van der Waals surface area (Å²) in [7, 11) is 0. The Bertz CT molecular complexity index is 745. The number of amides is 1. The molecule has 0 aliphatic heterocycles. The van der Waals surface area contributed by atoms with Gasteiger partial charge >= 0.3 is 6.09 Å². The number of nitrogens with zero attached hydrogens (tertiary/aromatic N) is 2. The third-order valence-electron chi connectivity index (χ3n) is 4.52. The van der Waals surface area contributed by atoms with Gasteiger partial charge in [0.2, 0.25) is 5.95 Å². The van der Waals surface area contributed by atoms with Crippen molar-refractivity contribution in [2.24, 2.45) is 0 Å². The number of benzene rings is 1. The number of carbonyl (C=O) groups is 1. The molecule has 0 spiro atoms. The highest BCUT2D eigenvalue weighted by atomic mass is 79.9. The zero-order valence-electron chi connectivity index (χ0n) is 13.6. The molecule has 1 heterocycles. The van der Waals surface area contributed by atoms with Crippen LogP contribution in [0.15, 0.2) is 22.8 Å². The highest BCUT2D eigenvalue weighted by Crippen LogP contribution is 2.25. The molecule has 3 rings (SSSR count). The van der Waals surface area contributed by atoms with E-state index in [0.717, 1.165) is 47.5 Å². The molecule has 1 aliphatic carbocycles. The van der Waals surface area contributed by atoms with Crippen molar-refractivity contribution in [2.45, 2.75) is 51.1 Å². The van der Waals surface area contributed by atoms with Gasteiger partial charge in [0.15, 0.2) is 0 Å². The topological polar surface area (TPSA) is 87.1 Å². The average molecular weight is 393 g/mol. The maximum atomic E-state index is 10.7. The van der Waals surface area contributed by atoms with Crippen molar-refractivity contribution in [2.75, 3.05) is 5.32 Å². The van der Waals surface area contributed by atoms with Crippen LogP contribution in [0, 0.1) is 0 Å². The molecule has 128 valence electrons. The molecule has 1 saturated carbocycles. The highest BCUT2D eigenvalue weighted by molar-refractivity contribution is 9.10. The first-order valence-corrected chi connectivity index (χ1v) is 9.05. The first-order chi connectivity index (χ1) is 11.5. The van der Waals surface area contributed by atoms with Crippen LogP contribution < -0.4 is 10.6 Å². The Hall–Kier alpha value is -1.89. The molecule has 3 N–H and O–H groups in total. The lowest BCUT2D eigenvalue weighted by atomic mass is 9.91. The molecule has 1 amide bonds. The number of nitrogens with one attached hydrogen (secondary N) is 2. The molecular weight excluding hydrogens is 372 g/mol. The fraction of sp³-hybridized carbons (Fsp3) is 0.471. The Morgan fingerprint density at radius 3 is 2.67 bits per heavy atom. The predicted molar refractivity (Wildman–Crippen MR) is 97.4 cm³/mol. The van der Waals surface area contributed by atoms with E-state index in [4.69, 9.17) is 5.11 Å². The lowest BCUT2D eigenvalue weighted by Gasteiger charge is -2.28. The van der Waals surface area contributed by atoms with Crippen LogP contribution in [0.2, 0.25) is 0 Å². The summed E-state index contributed by atoms with van der Waals surface area (Å²) in [6, 6.07) is 4.50. The molecule has 24 heavy (non-hydrogen) atoms. The van der Waals surface area contributed by atoms with Gasteiger partial charge in [-0.05, 0) is 49.8 Å². The number of halogens is 1. The monoisotopic (exact) mass is 392 g/mol.